The van der Waals surface area contributed by atoms with Crippen molar-refractivity contribution in [1.29, 1.82) is 0 Å². The van der Waals surface area contributed by atoms with Crippen molar-refractivity contribution in [3.8, 4) is 5.75 Å². The van der Waals surface area contributed by atoms with Crippen molar-refractivity contribution in [2.24, 2.45) is 0 Å². The Balaban J connectivity index is 1.63. The third-order valence-electron chi connectivity index (χ3n) is 4.14. The molecule has 0 spiro atoms. The van der Waals surface area contributed by atoms with E-state index in [0.717, 1.165) is 17.0 Å². The topological polar surface area (TPSA) is 102 Å². The second kappa shape index (κ2) is 10.1. The largest absolute Gasteiger partial charge is 0.482 e. The molecule has 0 saturated carbocycles. The zero-order valence-electron chi connectivity index (χ0n) is 16.6. The average Bonchev–Trinajstić information content (AvgIpc) is 3.02. The lowest BCUT2D eigenvalue weighted by Gasteiger charge is -2.12. The molecule has 0 aliphatic carbocycles. The van der Waals surface area contributed by atoms with Gasteiger partial charge in [-0.2, -0.15) is 0 Å². The maximum atomic E-state index is 13.7. The zero-order chi connectivity index (χ0) is 23.3. The van der Waals surface area contributed by atoms with Crippen LogP contribution in [0.1, 0.15) is 5.56 Å². The zero-order valence-corrected chi connectivity index (χ0v) is 17.4. The summed E-state index contributed by atoms with van der Waals surface area (Å²) in [6.45, 7) is -0.877. The second-order valence-electron chi connectivity index (χ2n) is 6.37. The molecule has 0 atom stereocenters. The first-order valence-electron chi connectivity index (χ1n) is 9.07. The summed E-state index contributed by atoms with van der Waals surface area (Å²) in [5.74, 6) is -3.41. The number of benzene rings is 2. The van der Waals surface area contributed by atoms with Crippen LogP contribution in [0, 0.1) is 11.6 Å². The van der Waals surface area contributed by atoms with Crippen LogP contribution in [0.2, 0.25) is 0 Å². The van der Waals surface area contributed by atoms with Crippen LogP contribution >= 0.6 is 11.8 Å². The molecule has 2 aromatic carbocycles. The predicted molar refractivity (Wildman–Crippen MR) is 112 cm³/mol. The highest BCUT2D eigenvalue weighted by atomic mass is 32.2. The van der Waals surface area contributed by atoms with Crippen molar-refractivity contribution >= 4 is 46.5 Å². The van der Waals surface area contributed by atoms with Crippen molar-refractivity contribution in [3.05, 3.63) is 64.6 Å². The average molecular weight is 462 g/mol. The van der Waals surface area contributed by atoms with E-state index in [1.165, 1.54) is 13.2 Å². The minimum atomic E-state index is -0.980. The third-order valence-corrected chi connectivity index (χ3v) is 5.05. The Kier molecular flexibility index (Phi) is 7.21. The fourth-order valence-corrected chi connectivity index (χ4v) is 3.41. The van der Waals surface area contributed by atoms with Crippen LogP contribution in [0.15, 0.2) is 47.4 Å². The first kappa shape index (κ1) is 22.9. The van der Waals surface area contributed by atoms with E-state index in [9.17, 15) is 28.0 Å². The van der Waals surface area contributed by atoms with E-state index in [-0.39, 0.29) is 17.2 Å². The first-order valence-corrected chi connectivity index (χ1v) is 9.88. The molecule has 1 aliphatic heterocycles. The van der Waals surface area contributed by atoms with Crippen LogP contribution < -0.4 is 10.1 Å². The van der Waals surface area contributed by atoms with Crippen molar-refractivity contribution in [2.45, 2.75) is 0 Å². The van der Waals surface area contributed by atoms with Gasteiger partial charge in [-0.05, 0) is 47.7 Å². The summed E-state index contributed by atoms with van der Waals surface area (Å²) in [6.07, 6.45) is 1.46. The molecule has 1 aliphatic rings. The third kappa shape index (κ3) is 5.70. The van der Waals surface area contributed by atoms with Gasteiger partial charge in [0, 0.05) is 6.07 Å². The molecule has 1 heterocycles. The number of hydrogen-bond donors (Lipinski definition) is 1. The number of hydrogen-bond acceptors (Lipinski definition) is 7. The standard InChI is InChI=1S/C21H16F2N2O6S/c1-30-19(27)11-31-14-5-2-12(3-6-14)8-17-20(28)25(21(29)32-17)10-18(26)24-16-7-4-13(22)9-15(16)23/h2-9H,10-11H2,1H3,(H,24,26)/b17-8-. The monoisotopic (exact) mass is 462 g/mol. The van der Waals surface area contributed by atoms with Crippen molar-refractivity contribution in [3.63, 3.8) is 0 Å². The summed E-state index contributed by atoms with van der Waals surface area (Å²) in [6, 6.07) is 8.98. The number of thioether (sulfide) groups is 1. The number of anilines is 1. The summed E-state index contributed by atoms with van der Waals surface area (Å²) in [5, 5.41) is 1.54. The fourth-order valence-electron chi connectivity index (χ4n) is 2.57. The summed E-state index contributed by atoms with van der Waals surface area (Å²) in [4.78, 5) is 48.8. The Morgan fingerprint density at radius 2 is 1.84 bits per heavy atom. The number of ether oxygens (including phenoxy) is 2. The smallest absolute Gasteiger partial charge is 0.343 e. The molecule has 0 unspecified atom stereocenters. The quantitative estimate of drug-likeness (QED) is 0.498. The summed E-state index contributed by atoms with van der Waals surface area (Å²) >= 11 is 0.654. The van der Waals surface area contributed by atoms with Gasteiger partial charge in [0.1, 0.15) is 23.9 Å². The normalized spacial score (nSPS) is 14.6. The van der Waals surface area contributed by atoms with Gasteiger partial charge in [-0.15, -0.1) is 0 Å². The molecule has 3 amide bonds. The van der Waals surface area contributed by atoms with Gasteiger partial charge in [0.05, 0.1) is 17.7 Å². The van der Waals surface area contributed by atoms with Crippen molar-refractivity contribution in [2.75, 3.05) is 25.6 Å². The van der Waals surface area contributed by atoms with Gasteiger partial charge >= 0.3 is 5.97 Å². The van der Waals surface area contributed by atoms with E-state index in [0.29, 0.717) is 29.1 Å². The lowest BCUT2D eigenvalue weighted by molar-refractivity contribution is -0.142. The molecule has 32 heavy (non-hydrogen) atoms. The van der Waals surface area contributed by atoms with E-state index in [4.69, 9.17) is 4.74 Å². The Hall–Kier alpha value is -3.73. The first-order chi connectivity index (χ1) is 15.3. The second-order valence-corrected chi connectivity index (χ2v) is 7.37. The minimum Gasteiger partial charge on any atom is -0.482 e. The predicted octanol–water partition coefficient (Wildman–Crippen LogP) is 3.19. The molecule has 166 valence electrons. The number of nitrogens with zero attached hydrogens (tertiary/aromatic N) is 1. The fraction of sp³-hybridized carbons (Fsp3) is 0.143. The van der Waals surface area contributed by atoms with Crippen molar-refractivity contribution in [1.82, 2.24) is 4.90 Å². The number of carbonyl (C=O) groups is 4. The van der Waals surface area contributed by atoms with Gasteiger partial charge in [0.2, 0.25) is 5.91 Å². The summed E-state index contributed by atoms with van der Waals surface area (Å²) in [5.41, 5.74) is 0.312. The van der Waals surface area contributed by atoms with E-state index < -0.39 is 41.2 Å². The van der Waals surface area contributed by atoms with Crippen LogP contribution in [0.3, 0.4) is 0 Å². The number of carbonyl (C=O) groups excluding carboxylic acids is 4. The van der Waals surface area contributed by atoms with E-state index in [2.05, 4.69) is 10.1 Å². The maximum Gasteiger partial charge on any atom is 0.343 e. The molecule has 11 heteroatoms. The van der Waals surface area contributed by atoms with Crippen LogP contribution in [-0.4, -0.2) is 48.2 Å². The van der Waals surface area contributed by atoms with Gasteiger partial charge in [0.25, 0.3) is 11.1 Å². The van der Waals surface area contributed by atoms with Gasteiger partial charge in [-0.3, -0.25) is 19.3 Å². The number of nitrogens with one attached hydrogen (secondary N) is 1. The molecule has 0 bridgehead atoms. The molecule has 0 radical (unpaired) electrons. The molecule has 1 fully saturated rings. The molecular formula is C21H16F2N2O6S. The minimum absolute atomic E-state index is 0.0963. The SMILES string of the molecule is COC(=O)COc1ccc(/C=C2\SC(=O)N(CC(=O)Nc3ccc(F)cc3F)C2=O)cc1. The number of rotatable bonds is 7. The molecule has 3 rings (SSSR count). The molecule has 1 N–H and O–H groups in total. The molecule has 2 aromatic rings. The van der Waals surface area contributed by atoms with Crippen LogP contribution in [-0.2, 0) is 19.1 Å². The maximum absolute atomic E-state index is 13.7. The number of esters is 1. The lowest BCUT2D eigenvalue weighted by atomic mass is 10.2. The number of halogens is 2. The lowest BCUT2D eigenvalue weighted by Crippen LogP contribution is -2.36. The Morgan fingerprint density at radius 1 is 1.12 bits per heavy atom. The Labute approximate surface area is 185 Å². The van der Waals surface area contributed by atoms with Crippen LogP contribution in [0.5, 0.6) is 5.75 Å². The highest BCUT2D eigenvalue weighted by Crippen LogP contribution is 2.32. The summed E-state index contributed by atoms with van der Waals surface area (Å²) in [7, 11) is 1.24. The Bertz CT molecular complexity index is 1100. The molecular weight excluding hydrogens is 446 g/mol. The van der Waals surface area contributed by atoms with Crippen molar-refractivity contribution < 1.29 is 37.4 Å². The molecule has 8 nitrogen and oxygen atoms in total. The van der Waals surface area contributed by atoms with Crippen LogP contribution in [0.25, 0.3) is 6.08 Å². The number of imide groups is 1. The van der Waals surface area contributed by atoms with Gasteiger partial charge in [-0.25, -0.2) is 13.6 Å². The van der Waals surface area contributed by atoms with E-state index in [1.807, 2.05) is 0 Å². The highest BCUT2D eigenvalue weighted by molar-refractivity contribution is 8.18. The Morgan fingerprint density at radius 3 is 2.50 bits per heavy atom. The van der Waals surface area contributed by atoms with Gasteiger partial charge in [-0.1, -0.05) is 12.1 Å². The van der Waals surface area contributed by atoms with E-state index in [1.54, 1.807) is 24.3 Å². The molecule has 1 saturated heterocycles. The highest BCUT2D eigenvalue weighted by Gasteiger charge is 2.36. The van der Waals surface area contributed by atoms with Crippen LogP contribution in [0.4, 0.5) is 19.3 Å². The molecule has 0 aromatic heterocycles. The van der Waals surface area contributed by atoms with Gasteiger partial charge < -0.3 is 14.8 Å². The number of methoxy groups -OCH3 is 1. The number of amides is 3. The summed E-state index contributed by atoms with van der Waals surface area (Å²) < 4.78 is 36.3. The van der Waals surface area contributed by atoms with E-state index >= 15 is 0 Å². The van der Waals surface area contributed by atoms with Gasteiger partial charge in [0.15, 0.2) is 6.61 Å².